The standard InChI is InChI=1S/C16H21BrFN3O/c17-13-9-14(18)15(19-10-13)21-8-4-5-12(11-21)16(22)20-6-2-1-3-7-20/h9-10,12H,1-8,11H2. The Labute approximate surface area is 138 Å². The van der Waals surface area contributed by atoms with Crippen LogP contribution < -0.4 is 4.90 Å². The van der Waals surface area contributed by atoms with Crippen molar-refractivity contribution in [2.75, 3.05) is 31.1 Å². The molecule has 2 aliphatic rings. The third-order valence-corrected chi connectivity index (χ3v) is 4.96. The number of likely N-dealkylation sites (tertiary alicyclic amines) is 1. The minimum absolute atomic E-state index is 0.0308. The summed E-state index contributed by atoms with van der Waals surface area (Å²) in [6, 6.07) is 1.43. The molecule has 1 amide bonds. The molecule has 4 nitrogen and oxygen atoms in total. The average Bonchev–Trinajstić information content (AvgIpc) is 2.55. The number of hydrogen-bond acceptors (Lipinski definition) is 3. The lowest BCUT2D eigenvalue weighted by Gasteiger charge is -2.36. The van der Waals surface area contributed by atoms with Gasteiger partial charge in [0.2, 0.25) is 5.91 Å². The highest BCUT2D eigenvalue weighted by atomic mass is 79.9. The number of carbonyl (C=O) groups excluding carboxylic acids is 1. The first-order valence-corrected chi connectivity index (χ1v) is 8.79. The van der Waals surface area contributed by atoms with Gasteiger partial charge in [-0.1, -0.05) is 0 Å². The van der Waals surface area contributed by atoms with Crippen molar-refractivity contribution in [2.24, 2.45) is 5.92 Å². The molecule has 1 aromatic heterocycles. The highest BCUT2D eigenvalue weighted by molar-refractivity contribution is 9.10. The Bertz CT molecular complexity index is 548. The highest BCUT2D eigenvalue weighted by Gasteiger charge is 2.31. The first kappa shape index (κ1) is 15.7. The molecule has 3 rings (SSSR count). The third-order valence-electron chi connectivity index (χ3n) is 4.53. The summed E-state index contributed by atoms with van der Waals surface area (Å²) in [5.41, 5.74) is 0. The van der Waals surface area contributed by atoms with Crippen LogP contribution in [-0.4, -0.2) is 42.0 Å². The summed E-state index contributed by atoms with van der Waals surface area (Å²) in [5.74, 6) is 0.235. The molecule has 0 saturated carbocycles. The second-order valence-electron chi connectivity index (χ2n) is 6.13. The number of piperidine rings is 2. The van der Waals surface area contributed by atoms with E-state index in [-0.39, 0.29) is 17.6 Å². The van der Waals surface area contributed by atoms with Crippen LogP contribution in [0.25, 0.3) is 0 Å². The van der Waals surface area contributed by atoms with Gasteiger partial charge in [0.1, 0.15) is 0 Å². The molecule has 0 bridgehead atoms. The number of anilines is 1. The van der Waals surface area contributed by atoms with Crippen molar-refractivity contribution in [3.8, 4) is 0 Å². The number of rotatable bonds is 2. The van der Waals surface area contributed by atoms with Crippen LogP contribution in [0.1, 0.15) is 32.1 Å². The van der Waals surface area contributed by atoms with Crippen LogP contribution in [-0.2, 0) is 4.79 Å². The average molecular weight is 370 g/mol. The maximum atomic E-state index is 14.1. The number of pyridine rings is 1. The SMILES string of the molecule is O=C(C1CCCN(c2ncc(Br)cc2F)C1)N1CCCCC1. The molecule has 2 fully saturated rings. The quantitative estimate of drug-likeness (QED) is 0.802. The Hall–Kier alpha value is -1.17. The summed E-state index contributed by atoms with van der Waals surface area (Å²) in [6.07, 6.45) is 6.82. The molecule has 2 saturated heterocycles. The van der Waals surface area contributed by atoms with Crippen LogP contribution in [0, 0.1) is 11.7 Å². The molecule has 1 atom stereocenters. The molecule has 1 aromatic rings. The third kappa shape index (κ3) is 3.42. The molecule has 6 heteroatoms. The predicted molar refractivity (Wildman–Crippen MR) is 87.3 cm³/mol. The van der Waals surface area contributed by atoms with Crippen LogP contribution in [0.5, 0.6) is 0 Å². The van der Waals surface area contributed by atoms with E-state index in [1.807, 2.05) is 9.80 Å². The molecule has 0 aromatic carbocycles. The summed E-state index contributed by atoms with van der Waals surface area (Å²) < 4.78 is 14.7. The summed E-state index contributed by atoms with van der Waals surface area (Å²) in [6.45, 7) is 3.08. The van der Waals surface area contributed by atoms with Crippen LogP contribution in [0.15, 0.2) is 16.7 Å². The monoisotopic (exact) mass is 369 g/mol. The number of halogens is 2. The minimum atomic E-state index is -0.333. The van der Waals surface area contributed by atoms with Gasteiger partial charge in [-0.2, -0.15) is 0 Å². The predicted octanol–water partition coefficient (Wildman–Crippen LogP) is 3.21. The lowest BCUT2D eigenvalue weighted by Crippen LogP contribution is -2.46. The number of carbonyl (C=O) groups is 1. The Morgan fingerprint density at radius 1 is 1.23 bits per heavy atom. The number of nitrogens with zero attached hydrogens (tertiary/aromatic N) is 3. The lowest BCUT2D eigenvalue weighted by molar-refractivity contribution is -0.136. The smallest absolute Gasteiger partial charge is 0.227 e. The van der Waals surface area contributed by atoms with Gasteiger partial charge in [-0.25, -0.2) is 9.37 Å². The lowest BCUT2D eigenvalue weighted by atomic mass is 9.95. The van der Waals surface area contributed by atoms with E-state index in [4.69, 9.17) is 0 Å². The maximum absolute atomic E-state index is 14.1. The highest BCUT2D eigenvalue weighted by Crippen LogP contribution is 2.27. The summed E-state index contributed by atoms with van der Waals surface area (Å²) in [5, 5.41) is 0. The fraction of sp³-hybridized carbons (Fsp3) is 0.625. The van der Waals surface area contributed by atoms with E-state index in [1.54, 1.807) is 6.20 Å². The van der Waals surface area contributed by atoms with Crippen molar-refractivity contribution in [2.45, 2.75) is 32.1 Å². The van der Waals surface area contributed by atoms with E-state index < -0.39 is 0 Å². The van der Waals surface area contributed by atoms with Crippen LogP contribution in [0.4, 0.5) is 10.2 Å². The zero-order valence-electron chi connectivity index (χ0n) is 12.6. The van der Waals surface area contributed by atoms with Gasteiger partial charge in [0, 0.05) is 36.8 Å². The van der Waals surface area contributed by atoms with Gasteiger partial charge in [-0.15, -0.1) is 0 Å². The maximum Gasteiger partial charge on any atom is 0.227 e. The largest absolute Gasteiger partial charge is 0.353 e. The Balaban J connectivity index is 1.69. The van der Waals surface area contributed by atoms with Crippen LogP contribution in [0.3, 0.4) is 0 Å². The van der Waals surface area contributed by atoms with Gasteiger partial charge in [-0.3, -0.25) is 4.79 Å². The molecule has 0 aliphatic carbocycles. The van der Waals surface area contributed by atoms with Gasteiger partial charge in [0.25, 0.3) is 0 Å². The molecule has 0 spiro atoms. The van der Waals surface area contributed by atoms with E-state index in [0.717, 1.165) is 45.3 Å². The van der Waals surface area contributed by atoms with E-state index >= 15 is 0 Å². The summed E-state index contributed by atoms with van der Waals surface area (Å²) >= 11 is 3.23. The summed E-state index contributed by atoms with van der Waals surface area (Å²) in [7, 11) is 0. The number of hydrogen-bond donors (Lipinski definition) is 0. The summed E-state index contributed by atoms with van der Waals surface area (Å²) in [4.78, 5) is 20.7. The van der Waals surface area contributed by atoms with Crippen molar-refractivity contribution >= 4 is 27.7 Å². The first-order chi connectivity index (χ1) is 10.6. The molecule has 120 valence electrons. The molecule has 1 unspecified atom stereocenters. The van der Waals surface area contributed by atoms with E-state index in [1.165, 1.54) is 12.5 Å². The fourth-order valence-electron chi connectivity index (χ4n) is 3.38. The van der Waals surface area contributed by atoms with Crippen molar-refractivity contribution in [1.29, 1.82) is 0 Å². The van der Waals surface area contributed by atoms with Crippen molar-refractivity contribution < 1.29 is 9.18 Å². The fourth-order valence-corrected chi connectivity index (χ4v) is 3.69. The second kappa shape index (κ2) is 6.94. The van der Waals surface area contributed by atoms with Gasteiger partial charge in [-0.05, 0) is 54.1 Å². The minimum Gasteiger partial charge on any atom is -0.353 e. The zero-order valence-corrected chi connectivity index (χ0v) is 14.2. The Kier molecular flexibility index (Phi) is 4.96. The van der Waals surface area contributed by atoms with Gasteiger partial charge < -0.3 is 9.80 Å². The van der Waals surface area contributed by atoms with Gasteiger partial charge in [0.05, 0.1) is 5.92 Å². The Morgan fingerprint density at radius 2 is 2.00 bits per heavy atom. The Morgan fingerprint density at radius 3 is 2.73 bits per heavy atom. The molecule has 0 N–H and O–H groups in total. The molecule has 22 heavy (non-hydrogen) atoms. The van der Waals surface area contributed by atoms with E-state index in [2.05, 4.69) is 20.9 Å². The number of amides is 1. The normalized spacial score (nSPS) is 22.7. The van der Waals surface area contributed by atoms with Crippen molar-refractivity contribution in [3.63, 3.8) is 0 Å². The topological polar surface area (TPSA) is 36.4 Å². The zero-order chi connectivity index (χ0) is 15.5. The van der Waals surface area contributed by atoms with Gasteiger partial charge >= 0.3 is 0 Å². The number of aromatic nitrogens is 1. The van der Waals surface area contributed by atoms with Gasteiger partial charge in [0.15, 0.2) is 11.6 Å². The molecule has 2 aliphatic heterocycles. The molecular formula is C16H21BrFN3O. The van der Waals surface area contributed by atoms with E-state index in [9.17, 15) is 9.18 Å². The second-order valence-corrected chi connectivity index (χ2v) is 7.05. The molecular weight excluding hydrogens is 349 g/mol. The van der Waals surface area contributed by atoms with Crippen molar-refractivity contribution in [1.82, 2.24) is 9.88 Å². The van der Waals surface area contributed by atoms with E-state index in [0.29, 0.717) is 16.8 Å². The van der Waals surface area contributed by atoms with Crippen molar-refractivity contribution in [3.05, 3.63) is 22.6 Å². The first-order valence-electron chi connectivity index (χ1n) is 8.00. The molecule has 0 radical (unpaired) electrons. The van der Waals surface area contributed by atoms with Crippen LogP contribution >= 0.6 is 15.9 Å². The van der Waals surface area contributed by atoms with Crippen LogP contribution in [0.2, 0.25) is 0 Å². The molecule has 3 heterocycles.